The Balaban J connectivity index is 2.37. The lowest BCUT2D eigenvalue weighted by Crippen LogP contribution is -2.52. The Hall–Kier alpha value is -3.01. The largest absolute Gasteiger partial charge is 0.352 e. The molecular weight excluding hydrogens is 452 g/mol. The number of carbonyl (C=O) groups excluding carboxylic acids is 2. The Bertz CT molecular complexity index is 1080. The van der Waals surface area contributed by atoms with Crippen molar-refractivity contribution in [3.05, 3.63) is 65.7 Å². The average Bonchev–Trinajstić information content (AvgIpc) is 2.75. The van der Waals surface area contributed by atoms with Gasteiger partial charge in [0.25, 0.3) is 0 Å². The van der Waals surface area contributed by atoms with Crippen LogP contribution in [0.3, 0.4) is 0 Å². The molecule has 0 aliphatic rings. The summed E-state index contributed by atoms with van der Waals surface area (Å²) in [6.07, 6.45) is 1.60. The molecule has 2 amide bonds. The van der Waals surface area contributed by atoms with E-state index in [1.165, 1.54) is 48.2 Å². The Morgan fingerprint density at radius 2 is 1.67 bits per heavy atom. The van der Waals surface area contributed by atoms with Crippen molar-refractivity contribution in [1.82, 2.24) is 10.2 Å². The molecule has 0 radical (unpaired) electrons. The Labute approximate surface area is 193 Å². The molecule has 0 aromatic heterocycles. The number of hydrogen-bond acceptors (Lipinski definition) is 4. The number of halogens is 2. The molecule has 10 heteroatoms. The SMILES string of the molecule is CC[C@@H](C)NC(=O)[C@H](C)N(Cc1ccc(F)cc1)C(=O)CN(c1cccc(F)c1)S(C)(=O)=O. The van der Waals surface area contributed by atoms with Gasteiger partial charge in [-0.15, -0.1) is 0 Å². The average molecular weight is 482 g/mol. The number of sulfonamides is 1. The third-order valence-electron chi connectivity index (χ3n) is 5.21. The van der Waals surface area contributed by atoms with E-state index in [-0.39, 0.29) is 18.3 Å². The van der Waals surface area contributed by atoms with Gasteiger partial charge in [0, 0.05) is 12.6 Å². The lowest BCUT2D eigenvalue weighted by Gasteiger charge is -2.32. The molecule has 2 atom stereocenters. The molecule has 0 aliphatic carbocycles. The molecule has 1 N–H and O–H groups in total. The van der Waals surface area contributed by atoms with Gasteiger partial charge >= 0.3 is 0 Å². The predicted octanol–water partition coefficient (Wildman–Crippen LogP) is 3.06. The summed E-state index contributed by atoms with van der Waals surface area (Å²) >= 11 is 0. The zero-order valence-electron chi connectivity index (χ0n) is 19.1. The van der Waals surface area contributed by atoms with Crippen LogP contribution >= 0.6 is 0 Å². The molecule has 0 spiro atoms. The number of hydrogen-bond donors (Lipinski definition) is 1. The second-order valence-corrected chi connectivity index (χ2v) is 9.80. The molecule has 33 heavy (non-hydrogen) atoms. The van der Waals surface area contributed by atoms with Crippen LogP contribution in [0, 0.1) is 11.6 Å². The molecule has 180 valence electrons. The highest BCUT2D eigenvalue weighted by Gasteiger charge is 2.30. The third-order valence-corrected chi connectivity index (χ3v) is 6.35. The molecule has 0 aliphatic heterocycles. The summed E-state index contributed by atoms with van der Waals surface area (Å²) in [5, 5.41) is 2.81. The normalized spacial score (nSPS) is 13.2. The van der Waals surface area contributed by atoms with Gasteiger partial charge in [-0.05, 0) is 56.2 Å². The van der Waals surface area contributed by atoms with Crippen LogP contribution in [0.15, 0.2) is 48.5 Å². The molecule has 0 unspecified atom stereocenters. The highest BCUT2D eigenvalue weighted by Crippen LogP contribution is 2.20. The van der Waals surface area contributed by atoms with E-state index in [1.807, 2.05) is 13.8 Å². The van der Waals surface area contributed by atoms with Crippen molar-refractivity contribution >= 4 is 27.5 Å². The monoisotopic (exact) mass is 481 g/mol. The number of nitrogens with zero attached hydrogens (tertiary/aromatic N) is 2. The second kappa shape index (κ2) is 11.2. The number of rotatable bonds is 10. The van der Waals surface area contributed by atoms with Crippen LogP contribution < -0.4 is 9.62 Å². The minimum atomic E-state index is -3.94. The topological polar surface area (TPSA) is 86.8 Å². The first kappa shape index (κ1) is 26.2. The zero-order valence-corrected chi connectivity index (χ0v) is 19.9. The molecule has 0 saturated heterocycles. The fourth-order valence-corrected chi connectivity index (χ4v) is 3.92. The van der Waals surface area contributed by atoms with E-state index in [1.54, 1.807) is 0 Å². The smallest absolute Gasteiger partial charge is 0.244 e. The van der Waals surface area contributed by atoms with Gasteiger partial charge < -0.3 is 10.2 Å². The first-order valence-corrected chi connectivity index (χ1v) is 12.3. The van der Waals surface area contributed by atoms with Crippen LogP contribution in [0.1, 0.15) is 32.8 Å². The van der Waals surface area contributed by atoms with Crippen molar-refractivity contribution in [2.75, 3.05) is 17.1 Å². The van der Waals surface area contributed by atoms with Gasteiger partial charge in [-0.25, -0.2) is 17.2 Å². The minimum Gasteiger partial charge on any atom is -0.352 e. The standard InChI is InChI=1S/C23H29F2N3O4S/c1-5-16(2)26-23(30)17(3)27(14-18-9-11-19(24)12-10-18)22(29)15-28(33(4,31)32)21-8-6-7-20(25)13-21/h6-13,16-17H,5,14-15H2,1-4H3,(H,26,30)/t16-,17+/m1/s1. The van der Waals surface area contributed by atoms with Crippen molar-refractivity contribution in [3.8, 4) is 0 Å². The van der Waals surface area contributed by atoms with Gasteiger partial charge in [-0.1, -0.05) is 25.1 Å². The Morgan fingerprint density at radius 3 is 2.21 bits per heavy atom. The van der Waals surface area contributed by atoms with E-state index in [0.29, 0.717) is 12.0 Å². The fourth-order valence-electron chi connectivity index (χ4n) is 3.08. The summed E-state index contributed by atoms with van der Waals surface area (Å²) in [5.41, 5.74) is 0.550. The van der Waals surface area contributed by atoms with Crippen LogP contribution in [0.2, 0.25) is 0 Å². The quantitative estimate of drug-likeness (QED) is 0.565. The molecule has 7 nitrogen and oxygen atoms in total. The fraction of sp³-hybridized carbons (Fsp3) is 0.391. The van der Waals surface area contributed by atoms with E-state index < -0.39 is 46.1 Å². The Morgan fingerprint density at radius 1 is 1.03 bits per heavy atom. The first-order chi connectivity index (χ1) is 15.4. The van der Waals surface area contributed by atoms with Crippen molar-refractivity contribution in [3.63, 3.8) is 0 Å². The summed E-state index contributed by atoms with van der Waals surface area (Å²) in [5.74, 6) is -2.18. The van der Waals surface area contributed by atoms with Crippen LogP contribution in [0.4, 0.5) is 14.5 Å². The molecule has 2 rings (SSSR count). The van der Waals surface area contributed by atoms with Crippen molar-refractivity contribution in [2.45, 2.75) is 45.8 Å². The summed E-state index contributed by atoms with van der Waals surface area (Å²) in [6.45, 7) is 4.58. The predicted molar refractivity (Wildman–Crippen MR) is 123 cm³/mol. The molecule has 0 heterocycles. The number of amides is 2. The lowest BCUT2D eigenvalue weighted by atomic mass is 10.1. The maximum atomic E-state index is 13.7. The summed E-state index contributed by atoms with van der Waals surface area (Å²) in [7, 11) is -3.94. The maximum Gasteiger partial charge on any atom is 0.244 e. The number of benzene rings is 2. The number of anilines is 1. The van der Waals surface area contributed by atoms with Gasteiger partial charge in [0.05, 0.1) is 11.9 Å². The van der Waals surface area contributed by atoms with Crippen LogP contribution in [0.25, 0.3) is 0 Å². The number of nitrogens with one attached hydrogen (secondary N) is 1. The number of carbonyl (C=O) groups is 2. The van der Waals surface area contributed by atoms with E-state index in [4.69, 9.17) is 0 Å². The Kier molecular flexibility index (Phi) is 8.92. The maximum absolute atomic E-state index is 13.7. The highest BCUT2D eigenvalue weighted by molar-refractivity contribution is 7.92. The van der Waals surface area contributed by atoms with E-state index in [9.17, 15) is 26.8 Å². The zero-order chi connectivity index (χ0) is 24.8. The van der Waals surface area contributed by atoms with Gasteiger partial charge in [0.15, 0.2) is 0 Å². The summed E-state index contributed by atoms with van der Waals surface area (Å²) < 4.78 is 52.6. The first-order valence-electron chi connectivity index (χ1n) is 10.5. The van der Waals surface area contributed by atoms with Crippen LogP contribution in [0.5, 0.6) is 0 Å². The third kappa shape index (κ3) is 7.52. The molecule has 0 fully saturated rings. The van der Waals surface area contributed by atoms with Crippen molar-refractivity contribution < 1.29 is 26.8 Å². The van der Waals surface area contributed by atoms with Gasteiger partial charge in [-0.3, -0.25) is 13.9 Å². The van der Waals surface area contributed by atoms with Gasteiger partial charge in [0.1, 0.15) is 24.2 Å². The lowest BCUT2D eigenvalue weighted by molar-refractivity contribution is -0.139. The van der Waals surface area contributed by atoms with Crippen molar-refractivity contribution in [1.29, 1.82) is 0 Å². The second-order valence-electron chi connectivity index (χ2n) is 7.89. The molecule has 0 saturated carbocycles. The van der Waals surface area contributed by atoms with E-state index >= 15 is 0 Å². The van der Waals surface area contributed by atoms with E-state index in [2.05, 4.69) is 5.32 Å². The van der Waals surface area contributed by atoms with E-state index in [0.717, 1.165) is 22.7 Å². The van der Waals surface area contributed by atoms with Gasteiger partial charge in [0.2, 0.25) is 21.8 Å². The van der Waals surface area contributed by atoms with Gasteiger partial charge in [-0.2, -0.15) is 0 Å². The highest BCUT2D eigenvalue weighted by atomic mass is 32.2. The van der Waals surface area contributed by atoms with Crippen molar-refractivity contribution in [2.24, 2.45) is 0 Å². The van der Waals surface area contributed by atoms with Crippen LogP contribution in [-0.2, 0) is 26.2 Å². The molecular formula is C23H29F2N3O4S. The summed E-state index contributed by atoms with van der Waals surface area (Å²) in [6, 6.07) is 9.26. The summed E-state index contributed by atoms with van der Waals surface area (Å²) in [4.78, 5) is 27.3. The molecule has 2 aromatic rings. The van der Waals surface area contributed by atoms with Crippen LogP contribution in [-0.4, -0.2) is 50.0 Å². The molecule has 2 aromatic carbocycles. The minimum absolute atomic E-state index is 0.00991. The molecule has 0 bridgehead atoms.